The summed E-state index contributed by atoms with van der Waals surface area (Å²) in [5.41, 5.74) is 9.10. The van der Waals surface area contributed by atoms with E-state index in [2.05, 4.69) is 53.9 Å². The molecular weight excluding hydrogens is 318 g/mol. The Morgan fingerprint density at radius 3 is 2.69 bits per heavy atom. The molecule has 2 heteroatoms. The minimum absolute atomic E-state index is 0.120. The molecule has 1 aliphatic heterocycles. The summed E-state index contributed by atoms with van der Waals surface area (Å²) in [5, 5.41) is 2.80. The summed E-state index contributed by atoms with van der Waals surface area (Å²) in [5.74, 6) is 0.120. The highest BCUT2D eigenvalue weighted by Gasteiger charge is 2.20. The van der Waals surface area contributed by atoms with Crippen LogP contribution in [0.25, 0.3) is 17.2 Å². The third-order valence-electron chi connectivity index (χ3n) is 5.16. The van der Waals surface area contributed by atoms with Crippen LogP contribution in [0.1, 0.15) is 28.7 Å². The lowest BCUT2D eigenvalue weighted by Gasteiger charge is -2.25. The van der Waals surface area contributed by atoms with E-state index in [1.165, 1.54) is 47.9 Å². The zero-order valence-corrected chi connectivity index (χ0v) is 14.9. The highest BCUT2D eigenvalue weighted by atomic mass is 16.1. The van der Waals surface area contributed by atoms with Gasteiger partial charge in [0.05, 0.1) is 6.54 Å². The Morgan fingerprint density at radius 2 is 1.73 bits per heavy atom. The van der Waals surface area contributed by atoms with Crippen LogP contribution < -0.4 is 5.32 Å². The highest BCUT2D eigenvalue weighted by molar-refractivity contribution is 5.92. The van der Waals surface area contributed by atoms with Crippen molar-refractivity contribution in [2.45, 2.75) is 25.7 Å². The van der Waals surface area contributed by atoms with Gasteiger partial charge in [0.2, 0.25) is 0 Å². The van der Waals surface area contributed by atoms with Crippen LogP contribution in [-0.4, -0.2) is 12.3 Å². The van der Waals surface area contributed by atoms with E-state index in [1.54, 1.807) is 35.6 Å². The van der Waals surface area contributed by atoms with Crippen molar-refractivity contribution in [3.63, 3.8) is 0 Å². The van der Waals surface area contributed by atoms with E-state index >= 15 is 0 Å². The van der Waals surface area contributed by atoms with E-state index in [1.807, 2.05) is 0 Å². The monoisotopic (exact) mass is 341 g/mol. The Morgan fingerprint density at radius 1 is 0.808 bits per heavy atom. The molecule has 0 saturated carbocycles. The lowest BCUT2D eigenvalue weighted by Crippen LogP contribution is -2.13. The third kappa shape index (κ3) is 3.41. The van der Waals surface area contributed by atoms with Crippen LogP contribution in [0.15, 0.2) is 66.9 Å². The molecule has 0 atom stereocenters. The highest BCUT2D eigenvalue weighted by Crippen LogP contribution is 2.38. The molecule has 0 aromatic heterocycles. The number of ketones is 1. The first-order chi connectivity index (χ1) is 12.8. The SMILES string of the molecule is C1=Cc2ccc3c(c2CC1)CCc1ccccc1-3.O=C1C=CC=CNC1. The number of benzene rings is 2. The second kappa shape index (κ2) is 7.57. The standard InChI is InChI=1S/C18H16.C6H7NO/c1-3-7-15-13(5-1)9-11-18-16-8-4-2-6-14(16)10-12-17(15)18;8-6-3-1-2-4-7-5-6/h1-3,5-7,10,12H,4,8-9,11H2;1-4,7H,5H2. The number of carbonyl (C=O) groups is 1. The van der Waals surface area contributed by atoms with Gasteiger partial charge in [0.15, 0.2) is 5.78 Å². The van der Waals surface area contributed by atoms with Crippen molar-refractivity contribution in [3.05, 3.63) is 89.2 Å². The Hall–Kier alpha value is -2.87. The van der Waals surface area contributed by atoms with Crippen molar-refractivity contribution in [2.24, 2.45) is 0 Å². The number of carbonyl (C=O) groups excluding carboxylic acids is 1. The van der Waals surface area contributed by atoms with Crippen LogP contribution in [0, 0.1) is 0 Å². The van der Waals surface area contributed by atoms with Crippen molar-refractivity contribution in [2.75, 3.05) is 6.54 Å². The van der Waals surface area contributed by atoms with Gasteiger partial charge >= 0.3 is 0 Å². The zero-order chi connectivity index (χ0) is 17.8. The summed E-state index contributed by atoms with van der Waals surface area (Å²) in [4.78, 5) is 10.5. The van der Waals surface area contributed by atoms with Crippen molar-refractivity contribution in [1.29, 1.82) is 0 Å². The van der Waals surface area contributed by atoms with Crippen molar-refractivity contribution in [1.82, 2.24) is 5.32 Å². The molecule has 3 aliphatic rings. The molecule has 0 radical (unpaired) electrons. The second-order valence-electron chi connectivity index (χ2n) is 6.82. The first-order valence-electron chi connectivity index (χ1n) is 9.32. The molecule has 0 spiro atoms. The van der Waals surface area contributed by atoms with E-state index in [-0.39, 0.29) is 5.78 Å². The van der Waals surface area contributed by atoms with E-state index in [0.717, 1.165) is 0 Å². The van der Waals surface area contributed by atoms with Gasteiger partial charge in [-0.2, -0.15) is 0 Å². The molecule has 0 fully saturated rings. The minimum atomic E-state index is 0.120. The predicted octanol–water partition coefficient (Wildman–Crippen LogP) is 4.64. The van der Waals surface area contributed by atoms with Crippen LogP contribution in [0.4, 0.5) is 0 Å². The maximum atomic E-state index is 10.5. The normalized spacial score (nSPS) is 16.4. The van der Waals surface area contributed by atoms with Crippen LogP contribution in [0.3, 0.4) is 0 Å². The van der Waals surface area contributed by atoms with E-state index in [4.69, 9.17) is 0 Å². The van der Waals surface area contributed by atoms with Gasteiger partial charge in [0.25, 0.3) is 0 Å². The number of hydrogen-bond donors (Lipinski definition) is 1. The number of nitrogens with one attached hydrogen (secondary N) is 1. The van der Waals surface area contributed by atoms with Gasteiger partial charge in [-0.25, -0.2) is 0 Å². The molecule has 0 unspecified atom stereocenters. The van der Waals surface area contributed by atoms with E-state index < -0.39 is 0 Å². The Kier molecular flexibility index (Phi) is 4.83. The summed E-state index contributed by atoms with van der Waals surface area (Å²) in [6, 6.07) is 13.5. The van der Waals surface area contributed by atoms with Gasteiger partial charge in [0, 0.05) is 0 Å². The quantitative estimate of drug-likeness (QED) is 0.756. The first kappa shape index (κ1) is 16.6. The lowest BCUT2D eigenvalue weighted by atomic mass is 9.80. The number of hydrogen-bond acceptors (Lipinski definition) is 2. The molecule has 26 heavy (non-hydrogen) atoms. The molecule has 5 rings (SSSR count). The average molecular weight is 341 g/mol. The number of aryl methyl sites for hydroxylation is 1. The molecule has 2 nitrogen and oxygen atoms in total. The molecule has 2 aliphatic carbocycles. The van der Waals surface area contributed by atoms with Gasteiger partial charge in [-0.1, -0.05) is 54.6 Å². The van der Waals surface area contributed by atoms with Crippen LogP contribution in [0.5, 0.6) is 0 Å². The minimum Gasteiger partial charge on any atom is -0.383 e. The summed E-state index contributed by atoms with van der Waals surface area (Å²) in [6.07, 6.45) is 16.2. The largest absolute Gasteiger partial charge is 0.383 e. The van der Waals surface area contributed by atoms with Gasteiger partial charge in [-0.15, -0.1) is 0 Å². The zero-order valence-electron chi connectivity index (χ0n) is 14.9. The molecular formula is C24H23NO. The topological polar surface area (TPSA) is 29.1 Å². The fraction of sp³-hybridized carbons (Fsp3) is 0.208. The summed E-state index contributed by atoms with van der Waals surface area (Å²) < 4.78 is 0. The average Bonchev–Trinajstić information content (AvgIpc) is 2.95. The van der Waals surface area contributed by atoms with Crippen LogP contribution in [-0.2, 0) is 24.1 Å². The predicted molar refractivity (Wildman–Crippen MR) is 108 cm³/mol. The molecule has 0 saturated heterocycles. The second-order valence-corrected chi connectivity index (χ2v) is 6.82. The number of allylic oxidation sites excluding steroid dienone is 3. The molecule has 2 aromatic carbocycles. The smallest absolute Gasteiger partial charge is 0.174 e. The summed E-state index contributed by atoms with van der Waals surface area (Å²) >= 11 is 0. The fourth-order valence-corrected chi connectivity index (χ4v) is 3.90. The van der Waals surface area contributed by atoms with Crippen molar-refractivity contribution >= 4 is 11.9 Å². The molecule has 0 bridgehead atoms. The molecule has 130 valence electrons. The molecule has 2 aromatic rings. The Bertz CT molecular complexity index is 918. The fourth-order valence-electron chi connectivity index (χ4n) is 3.90. The van der Waals surface area contributed by atoms with Crippen molar-refractivity contribution < 1.29 is 4.79 Å². The van der Waals surface area contributed by atoms with Crippen LogP contribution in [0.2, 0.25) is 0 Å². The Balaban J connectivity index is 0.000000178. The molecule has 0 amide bonds. The first-order valence-corrected chi connectivity index (χ1v) is 9.32. The van der Waals surface area contributed by atoms with Gasteiger partial charge in [-0.05, 0) is 77.4 Å². The summed E-state index contributed by atoms with van der Waals surface area (Å²) in [6.45, 7) is 0.424. The lowest BCUT2D eigenvalue weighted by molar-refractivity contribution is -0.113. The van der Waals surface area contributed by atoms with Gasteiger partial charge in [-0.3, -0.25) is 4.79 Å². The van der Waals surface area contributed by atoms with Gasteiger partial charge < -0.3 is 5.32 Å². The summed E-state index contributed by atoms with van der Waals surface area (Å²) in [7, 11) is 0. The maximum Gasteiger partial charge on any atom is 0.174 e. The molecule has 1 N–H and O–H groups in total. The van der Waals surface area contributed by atoms with E-state index in [9.17, 15) is 4.79 Å². The molecule has 1 heterocycles. The van der Waals surface area contributed by atoms with E-state index in [0.29, 0.717) is 6.54 Å². The number of fused-ring (bicyclic) bond motifs is 5. The third-order valence-corrected chi connectivity index (χ3v) is 5.16. The number of rotatable bonds is 0. The Labute approximate surface area is 154 Å². The van der Waals surface area contributed by atoms with Crippen molar-refractivity contribution in [3.8, 4) is 11.1 Å². The maximum absolute atomic E-state index is 10.5. The van der Waals surface area contributed by atoms with Crippen LogP contribution >= 0.6 is 0 Å². The van der Waals surface area contributed by atoms with Gasteiger partial charge in [0.1, 0.15) is 0 Å².